The highest BCUT2D eigenvalue weighted by molar-refractivity contribution is 5.24. The van der Waals surface area contributed by atoms with E-state index in [1.807, 2.05) is 12.5 Å². The van der Waals surface area contributed by atoms with Gasteiger partial charge in [-0.1, -0.05) is 0 Å². The first kappa shape index (κ1) is 5.06. The molecule has 0 aliphatic carbocycles. The SMILES string of the molecule is CN1Cc2c[oH+]cc2C1. The predicted molar refractivity (Wildman–Crippen MR) is 35.0 cm³/mol. The van der Waals surface area contributed by atoms with E-state index < -0.39 is 0 Å². The molecule has 2 rings (SSSR count). The molecule has 48 valence electrons. The van der Waals surface area contributed by atoms with Gasteiger partial charge in [-0.2, -0.15) is 0 Å². The molecule has 1 aliphatic heterocycles. The molecule has 0 spiro atoms. The molecular formula is C7H10NO+. The van der Waals surface area contributed by atoms with E-state index in [0.29, 0.717) is 0 Å². The van der Waals surface area contributed by atoms with Gasteiger partial charge in [-0.05, 0) is 7.05 Å². The van der Waals surface area contributed by atoms with E-state index in [0.717, 1.165) is 13.1 Å². The van der Waals surface area contributed by atoms with Gasteiger partial charge in [0, 0.05) is 13.1 Å². The number of nitrogens with zero attached hydrogens (tertiary/aromatic N) is 1. The molecule has 0 fully saturated rings. The third-order valence-electron chi connectivity index (χ3n) is 1.75. The molecule has 2 heterocycles. The van der Waals surface area contributed by atoms with Gasteiger partial charge in [0.05, 0.1) is 11.1 Å². The Morgan fingerprint density at radius 2 is 1.89 bits per heavy atom. The smallest absolute Gasteiger partial charge is 0.228 e. The normalized spacial score (nSPS) is 18.3. The number of hydrogen-bond acceptors (Lipinski definition) is 1. The topological polar surface area (TPSA) is 16.0 Å². The minimum atomic E-state index is 1.08. The van der Waals surface area contributed by atoms with Crippen LogP contribution in [-0.2, 0) is 13.1 Å². The monoisotopic (exact) mass is 124 g/mol. The van der Waals surface area contributed by atoms with Crippen LogP contribution in [0.5, 0.6) is 0 Å². The van der Waals surface area contributed by atoms with Gasteiger partial charge in [-0.15, -0.1) is 0 Å². The number of fused-ring (bicyclic) bond motifs is 1. The lowest BCUT2D eigenvalue weighted by atomic mass is 10.2. The molecule has 9 heavy (non-hydrogen) atoms. The first-order valence-corrected chi connectivity index (χ1v) is 3.13. The summed E-state index contributed by atoms with van der Waals surface area (Å²) in [7, 11) is 2.12. The van der Waals surface area contributed by atoms with Gasteiger partial charge in [-0.3, -0.25) is 4.90 Å². The van der Waals surface area contributed by atoms with Crippen molar-refractivity contribution in [1.29, 1.82) is 0 Å². The Morgan fingerprint density at radius 1 is 1.33 bits per heavy atom. The zero-order chi connectivity index (χ0) is 6.27. The molecular weight excluding hydrogens is 114 g/mol. The Morgan fingerprint density at radius 3 is 2.44 bits per heavy atom. The summed E-state index contributed by atoms with van der Waals surface area (Å²) in [4.78, 5) is 2.28. The minimum Gasteiger partial charge on any atom is -0.556 e. The number of hydrogen-bond donors (Lipinski definition) is 0. The van der Waals surface area contributed by atoms with Crippen molar-refractivity contribution in [3.63, 3.8) is 0 Å². The Kier molecular flexibility index (Phi) is 0.904. The molecule has 0 saturated heterocycles. The van der Waals surface area contributed by atoms with Crippen molar-refractivity contribution in [2.75, 3.05) is 7.05 Å². The summed E-state index contributed by atoms with van der Waals surface area (Å²) in [5, 5.41) is 0. The molecule has 2 nitrogen and oxygen atoms in total. The molecule has 1 aromatic heterocycles. The molecule has 0 radical (unpaired) electrons. The van der Waals surface area contributed by atoms with E-state index in [2.05, 4.69) is 16.4 Å². The van der Waals surface area contributed by atoms with Crippen molar-refractivity contribution >= 4 is 0 Å². The molecule has 2 heteroatoms. The van der Waals surface area contributed by atoms with E-state index in [4.69, 9.17) is 0 Å². The maximum atomic E-state index is 4.05. The van der Waals surface area contributed by atoms with Crippen molar-refractivity contribution in [3.8, 4) is 0 Å². The Balaban J connectivity index is 2.39. The molecule has 1 aliphatic rings. The summed E-state index contributed by atoms with van der Waals surface area (Å²) in [5.74, 6) is 0. The summed E-state index contributed by atoms with van der Waals surface area (Å²) < 4.78 is 4.05. The molecule has 1 N–H and O–H groups in total. The molecule has 0 aromatic carbocycles. The van der Waals surface area contributed by atoms with Crippen molar-refractivity contribution < 1.29 is 4.42 Å². The highest BCUT2D eigenvalue weighted by Crippen LogP contribution is 2.21. The Labute approximate surface area is 54.1 Å². The van der Waals surface area contributed by atoms with E-state index in [-0.39, 0.29) is 0 Å². The predicted octanol–water partition coefficient (Wildman–Crippen LogP) is 1.34. The summed E-state index contributed by atoms with van der Waals surface area (Å²) in [6.45, 7) is 2.16. The summed E-state index contributed by atoms with van der Waals surface area (Å²) >= 11 is 0. The van der Waals surface area contributed by atoms with Crippen LogP contribution < -0.4 is 0 Å². The largest absolute Gasteiger partial charge is 0.556 e. The standard InChI is InChI=1S/C7H9NO/c1-8-2-6-4-9-5-7(6)3-8/h4-5H,2-3H2,1H3/p+1. The molecule has 0 unspecified atom stereocenters. The molecule has 1 aromatic rings. The average molecular weight is 124 g/mol. The van der Waals surface area contributed by atoms with Crippen LogP contribution in [0.2, 0.25) is 0 Å². The van der Waals surface area contributed by atoms with Gasteiger partial charge in [0.1, 0.15) is 0 Å². The lowest BCUT2D eigenvalue weighted by Crippen LogP contribution is -2.07. The Hall–Kier alpha value is -0.760. The maximum Gasteiger partial charge on any atom is 0.228 e. The fraction of sp³-hybridized carbons (Fsp3) is 0.429. The van der Waals surface area contributed by atoms with Crippen LogP contribution in [0.3, 0.4) is 0 Å². The molecule has 0 saturated carbocycles. The minimum absolute atomic E-state index is 1.08. The van der Waals surface area contributed by atoms with E-state index in [9.17, 15) is 0 Å². The summed E-state index contributed by atoms with van der Waals surface area (Å²) in [5.41, 5.74) is 2.80. The maximum absolute atomic E-state index is 4.05. The number of furan rings is 1. The summed E-state index contributed by atoms with van der Waals surface area (Å²) in [6.07, 6.45) is 3.91. The van der Waals surface area contributed by atoms with Gasteiger partial charge in [0.25, 0.3) is 0 Å². The number of rotatable bonds is 0. The zero-order valence-electron chi connectivity index (χ0n) is 5.46. The fourth-order valence-corrected chi connectivity index (χ4v) is 1.31. The lowest BCUT2D eigenvalue weighted by molar-refractivity contribution is 0.345. The van der Waals surface area contributed by atoms with Crippen LogP contribution in [0.25, 0.3) is 0 Å². The van der Waals surface area contributed by atoms with Gasteiger partial charge in [-0.25, -0.2) is 0 Å². The van der Waals surface area contributed by atoms with Crippen molar-refractivity contribution in [1.82, 2.24) is 4.90 Å². The second-order valence-electron chi connectivity index (χ2n) is 2.63. The first-order valence-electron chi connectivity index (χ1n) is 3.13. The van der Waals surface area contributed by atoms with Crippen LogP contribution in [-0.4, -0.2) is 11.9 Å². The van der Waals surface area contributed by atoms with Crippen molar-refractivity contribution in [3.05, 3.63) is 23.7 Å². The summed E-state index contributed by atoms with van der Waals surface area (Å²) in [6, 6.07) is 0. The van der Waals surface area contributed by atoms with E-state index in [1.54, 1.807) is 0 Å². The van der Waals surface area contributed by atoms with Crippen LogP contribution in [0.1, 0.15) is 11.1 Å². The fourth-order valence-electron chi connectivity index (χ4n) is 1.31. The Bertz CT molecular complexity index is 196. The molecule has 0 bridgehead atoms. The lowest BCUT2D eigenvalue weighted by Gasteiger charge is -2.02. The van der Waals surface area contributed by atoms with Crippen molar-refractivity contribution in [2.24, 2.45) is 0 Å². The van der Waals surface area contributed by atoms with Gasteiger partial charge in [0.15, 0.2) is 0 Å². The van der Waals surface area contributed by atoms with E-state index >= 15 is 0 Å². The van der Waals surface area contributed by atoms with Crippen LogP contribution in [0.4, 0.5) is 0 Å². The quantitative estimate of drug-likeness (QED) is 0.476. The van der Waals surface area contributed by atoms with Gasteiger partial charge >= 0.3 is 0 Å². The highest BCUT2D eigenvalue weighted by atomic mass is 16.3. The zero-order valence-corrected chi connectivity index (χ0v) is 5.46. The van der Waals surface area contributed by atoms with Gasteiger partial charge < -0.3 is 4.42 Å². The average Bonchev–Trinajstić information content (AvgIpc) is 2.22. The van der Waals surface area contributed by atoms with Gasteiger partial charge in [0.2, 0.25) is 12.5 Å². The molecule has 0 atom stereocenters. The van der Waals surface area contributed by atoms with Crippen LogP contribution in [0, 0.1) is 0 Å². The second kappa shape index (κ2) is 1.61. The first-order chi connectivity index (χ1) is 4.36. The van der Waals surface area contributed by atoms with Crippen LogP contribution >= 0.6 is 0 Å². The van der Waals surface area contributed by atoms with Crippen molar-refractivity contribution in [2.45, 2.75) is 13.1 Å². The third kappa shape index (κ3) is 0.669. The molecule has 0 amide bonds. The second-order valence-corrected chi connectivity index (χ2v) is 2.63. The third-order valence-corrected chi connectivity index (χ3v) is 1.75. The highest BCUT2D eigenvalue weighted by Gasteiger charge is 2.19. The van der Waals surface area contributed by atoms with E-state index in [1.165, 1.54) is 11.1 Å². The van der Waals surface area contributed by atoms with Crippen LogP contribution in [0.15, 0.2) is 16.9 Å².